The highest BCUT2D eigenvalue weighted by molar-refractivity contribution is 5.89. The average Bonchev–Trinajstić information content (AvgIpc) is 2.89. The summed E-state index contributed by atoms with van der Waals surface area (Å²) in [6, 6.07) is 17.4. The molecule has 0 bridgehead atoms. The standard InChI is InChI=1S/C21H20N2O3/c24-19(12-14-6-2-1-3-7-14)23-11-10-16-15-8-4-5-9-18(15)22-20(16)17(13-23)21(25)26/h1-9,17,22H,10-13H2,(H,25,26). The number of H-pyrrole nitrogens is 1. The number of para-hydroxylation sites is 1. The van der Waals surface area contributed by atoms with E-state index in [2.05, 4.69) is 4.98 Å². The van der Waals surface area contributed by atoms with Gasteiger partial charge in [-0.25, -0.2) is 0 Å². The van der Waals surface area contributed by atoms with Crippen molar-refractivity contribution in [2.24, 2.45) is 0 Å². The number of carboxylic acid groups (broad SMARTS) is 1. The largest absolute Gasteiger partial charge is 0.481 e. The number of aromatic amines is 1. The summed E-state index contributed by atoms with van der Waals surface area (Å²) in [6.45, 7) is 0.727. The minimum Gasteiger partial charge on any atom is -0.481 e. The lowest BCUT2D eigenvalue weighted by molar-refractivity contribution is -0.140. The molecule has 132 valence electrons. The fourth-order valence-electron chi connectivity index (χ4n) is 3.75. The molecule has 2 N–H and O–H groups in total. The first-order chi connectivity index (χ1) is 12.6. The van der Waals surface area contributed by atoms with Gasteiger partial charge in [-0.2, -0.15) is 0 Å². The number of fused-ring (bicyclic) bond motifs is 3. The van der Waals surface area contributed by atoms with Gasteiger partial charge in [-0.15, -0.1) is 0 Å². The van der Waals surface area contributed by atoms with E-state index in [0.29, 0.717) is 19.4 Å². The van der Waals surface area contributed by atoms with Crippen LogP contribution in [0.15, 0.2) is 54.6 Å². The van der Waals surface area contributed by atoms with E-state index in [0.717, 1.165) is 27.7 Å². The van der Waals surface area contributed by atoms with Gasteiger partial charge >= 0.3 is 5.97 Å². The van der Waals surface area contributed by atoms with Crippen LogP contribution in [0, 0.1) is 0 Å². The van der Waals surface area contributed by atoms with Crippen LogP contribution in [0.3, 0.4) is 0 Å². The Kier molecular flexibility index (Phi) is 4.21. The Labute approximate surface area is 151 Å². The van der Waals surface area contributed by atoms with Crippen molar-refractivity contribution in [3.63, 3.8) is 0 Å². The zero-order chi connectivity index (χ0) is 18.1. The fraction of sp³-hybridized carbons (Fsp3) is 0.238. The van der Waals surface area contributed by atoms with Crippen molar-refractivity contribution in [1.29, 1.82) is 0 Å². The summed E-state index contributed by atoms with van der Waals surface area (Å²) < 4.78 is 0. The highest BCUT2D eigenvalue weighted by atomic mass is 16.4. The number of aromatic nitrogens is 1. The third-order valence-corrected chi connectivity index (χ3v) is 5.08. The minimum absolute atomic E-state index is 0.0306. The Hall–Kier alpha value is -3.08. The molecule has 0 spiro atoms. The first kappa shape index (κ1) is 16.4. The first-order valence-electron chi connectivity index (χ1n) is 8.77. The zero-order valence-corrected chi connectivity index (χ0v) is 14.3. The van der Waals surface area contributed by atoms with E-state index in [1.807, 2.05) is 54.6 Å². The van der Waals surface area contributed by atoms with Crippen LogP contribution in [0.2, 0.25) is 0 Å². The molecule has 5 nitrogen and oxygen atoms in total. The van der Waals surface area contributed by atoms with Crippen molar-refractivity contribution in [2.75, 3.05) is 13.1 Å². The number of hydrogen-bond acceptors (Lipinski definition) is 2. The fourth-order valence-corrected chi connectivity index (χ4v) is 3.75. The molecule has 1 aliphatic rings. The number of carboxylic acids is 1. The van der Waals surface area contributed by atoms with Crippen LogP contribution >= 0.6 is 0 Å². The molecule has 0 saturated heterocycles. The van der Waals surface area contributed by atoms with E-state index in [4.69, 9.17) is 0 Å². The van der Waals surface area contributed by atoms with Crippen molar-refractivity contribution in [1.82, 2.24) is 9.88 Å². The predicted molar refractivity (Wildman–Crippen MR) is 99.1 cm³/mol. The SMILES string of the molecule is O=C(O)C1CN(C(=O)Cc2ccccc2)CCc2c1[nH]c1ccccc21. The number of aliphatic carboxylic acids is 1. The summed E-state index contributed by atoms with van der Waals surface area (Å²) in [6.07, 6.45) is 0.950. The highest BCUT2D eigenvalue weighted by Crippen LogP contribution is 2.31. The van der Waals surface area contributed by atoms with E-state index < -0.39 is 11.9 Å². The summed E-state index contributed by atoms with van der Waals surface area (Å²) in [5.74, 6) is -1.67. The number of carbonyl (C=O) groups is 2. The second-order valence-electron chi connectivity index (χ2n) is 6.71. The summed E-state index contributed by atoms with van der Waals surface area (Å²) in [5.41, 5.74) is 3.64. The molecule has 0 fully saturated rings. The Bertz CT molecular complexity index is 962. The lowest BCUT2D eigenvalue weighted by Gasteiger charge is -2.23. The highest BCUT2D eigenvalue weighted by Gasteiger charge is 2.32. The van der Waals surface area contributed by atoms with Gasteiger partial charge in [-0.3, -0.25) is 9.59 Å². The van der Waals surface area contributed by atoms with E-state index in [1.165, 1.54) is 0 Å². The van der Waals surface area contributed by atoms with Gasteiger partial charge in [0.1, 0.15) is 5.92 Å². The number of rotatable bonds is 3. The minimum atomic E-state index is -0.905. The van der Waals surface area contributed by atoms with E-state index in [1.54, 1.807) is 4.90 Å². The van der Waals surface area contributed by atoms with Crippen molar-refractivity contribution >= 4 is 22.8 Å². The Balaban J connectivity index is 1.63. The van der Waals surface area contributed by atoms with Gasteiger partial charge in [0.25, 0.3) is 0 Å². The van der Waals surface area contributed by atoms with Gasteiger partial charge in [0.05, 0.1) is 6.42 Å². The molecule has 3 aromatic rings. The molecular weight excluding hydrogens is 328 g/mol. The molecule has 26 heavy (non-hydrogen) atoms. The third-order valence-electron chi connectivity index (χ3n) is 5.08. The van der Waals surface area contributed by atoms with Crippen molar-refractivity contribution in [2.45, 2.75) is 18.8 Å². The molecule has 0 aliphatic carbocycles. The number of benzene rings is 2. The van der Waals surface area contributed by atoms with Gasteiger partial charge in [-0.1, -0.05) is 48.5 Å². The maximum atomic E-state index is 12.7. The maximum Gasteiger partial charge on any atom is 0.314 e. The number of hydrogen-bond donors (Lipinski definition) is 2. The van der Waals surface area contributed by atoms with Crippen LogP contribution in [-0.4, -0.2) is 40.0 Å². The van der Waals surface area contributed by atoms with E-state index >= 15 is 0 Å². The first-order valence-corrected chi connectivity index (χ1v) is 8.77. The molecule has 2 aromatic carbocycles. The molecule has 1 unspecified atom stereocenters. The average molecular weight is 348 g/mol. The van der Waals surface area contributed by atoms with Crippen LogP contribution in [-0.2, 0) is 22.4 Å². The summed E-state index contributed by atoms with van der Waals surface area (Å²) in [7, 11) is 0. The lowest BCUT2D eigenvalue weighted by atomic mass is 10.00. The molecule has 4 rings (SSSR count). The van der Waals surface area contributed by atoms with Gasteiger partial charge in [0.2, 0.25) is 5.91 Å². The molecular formula is C21H20N2O3. The molecule has 1 aliphatic heterocycles. The van der Waals surface area contributed by atoms with Crippen LogP contribution in [0.1, 0.15) is 22.7 Å². The topological polar surface area (TPSA) is 73.4 Å². The normalized spacial score (nSPS) is 16.9. The second kappa shape index (κ2) is 6.67. The lowest BCUT2D eigenvalue weighted by Crippen LogP contribution is -2.37. The smallest absolute Gasteiger partial charge is 0.314 e. The van der Waals surface area contributed by atoms with Crippen LogP contribution < -0.4 is 0 Å². The number of nitrogens with one attached hydrogen (secondary N) is 1. The molecule has 1 aromatic heterocycles. The Morgan fingerprint density at radius 1 is 1.08 bits per heavy atom. The molecule has 1 amide bonds. The van der Waals surface area contributed by atoms with E-state index in [-0.39, 0.29) is 12.5 Å². The summed E-state index contributed by atoms with van der Waals surface area (Å²) >= 11 is 0. The third kappa shape index (κ3) is 2.96. The zero-order valence-electron chi connectivity index (χ0n) is 14.3. The van der Waals surface area contributed by atoms with Gasteiger partial charge in [-0.05, 0) is 23.6 Å². The molecule has 2 heterocycles. The molecule has 0 radical (unpaired) electrons. The monoisotopic (exact) mass is 348 g/mol. The van der Waals surface area contributed by atoms with Crippen molar-refractivity contribution in [3.05, 3.63) is 71.4 Å². The summed E-state index contributed by atoms with van der Waals surface area (Å²) in [5, 5.41) is 10.8. The number of nitrogens with zero attached hydrogens (tertiary/aromatic N) is 1. The quantitative estimate of drug-likeness (QED) is 0.764. The predicted octanol–water partition coefficient (Wildman–Crippen LogP) is 2.96. The van der Waals surface area contributed by atoms with E-state index in [9.17, 15) is 14.7 Å². The van der Waals surface area contributed by atoms with Crippen LogP contribution in [0.4, 0.5) is 0 Å². The Morgan fingerprint density at radius 2 is 1.81 bits per heavy atom. The maximum absolute atomic E-state index is 12.7. The molecule has 1 atom stereocenters. The van der Waals surface area contributed by atoms with Gasteiger partial charge in [0, 0.05) is 29.7 Å². The molecule has 5 heteroatoms. The number of carbonyl (C=O) groups excluding carboxylic acids is 1. The van der Waals surface area contributed by atoms with Gasteiger partial charge < -0.3 is 15.0 Å². The van der Waals surface area contributed by atoms with Gasteiger partial charge in [0.15, 0.2) is 0 Å². The summed E-state index contributed by atoms with van der Waals surface area (Å²) in [4.78, 5) is 29.6. The number of amides is 1. The van der Waals surface area contributed by atoms with Crippen molar-refractivity contribution < 1.29 is 14.7 Å². The molecule has 0 saturated carbocycles. The Morgan fingerprint density at radius 3 is 2.58 bits per heavy atom. The second-order valence-corrected chi connectivity index (χ2v) is 6.71. The van der Waals surface area contributed by atoms with Crippen molar-refractivity contribution in [3.8, 4) is 0 Å². The van der Waals surface area contributed by atoms with Crippen LogP contribution in [0.5, 0.6) is 0 Å². The van der Waals surface area contributed by atoms with Crippen LogP contribution in [0.25, 0.3) is 10.9 Å².